The number of nitrogens with zero attached hydrogens (tertiary/aromatic N) is 2. The van der Waals surface area contributed by atoms with Crippen molar-refractivity contribution >= 4 is 39.0 Å². The number of rotatable bonds is 5. The molecule has 0 bridgehead atoms. The second-order valence-electron chi connectivity index (χ2n) is 5.74. The van der Waals surface area contributed by atoms with E-state index >= 15 is 0 Å². The van der Waals surface area contributed by atoms with Crippen LogP contribution in [0.4, 0.5) is 11.5 Å². The van der Waals surface area contributed by atoms with Gasteiger partial charge < -0.3 is 14.8 Å². The third-order valence-corrected chi connectivity index (χ3v) is 4.79. The van der Waals surface area contributed by atoms with Gasteiger partial charge >= 0.3 is 5.97 Å². The molecule has 0 fully saturated rings. The molecule has 3 rings (SSSR count). The van der Waals surface area contributed by atoms with E-state index in [4.69, 9.17) is 9.47 Å². The van der Waals surface area contributed by atoms with Crippen molar-refractivity contribution in [3.8, 4) is 5.75 Å². The van der Waals surface area contributed by atoms with Crippen molar-refractivity contribution in [3.63, 3.8) is 0 Å². The molecule has 0 saturated carbocycles. The number of carbonyl (C=O) groups excluding carboxylic acids is 1. The molecular formula is C18H19N3O3S. The zero-order valence-corrected chi connectivity index (χ0v) is 15.3. The summed E-state index contributed by atoms with van der Waals surface area (Å²) in [5, 5.41) is 4.09. The molecule has 0 radical (unpaired) electrons. The average molecular weight is 357 g/mol. The first-order chi connectivity index (χ1) is 12.0. The minimum Gasteiger partial charge on any atom is -0.495 e. The molecule has 0 aliphatic carbocycles. The van der Waals surface area contributed by atoms with E-state index < -0.39 is 0 Å². The van der Waals surface area contributed by atoms with Gasteiger partial charge in [-0.15, -0.1) is 11.3 Å². The Bertz CT molecular complexity index is 921. The SMILES string of the molecule is COc1ccccc1Nc1ncnc2sc(C(=O)OC(C)C)c(C)c12. The normalized spacial score (nSPS) is 10.9. The van der Waals surface area contributed by atoms with E-state index in [2.05, 4.69) is 15.3 Å². The molecule has 7 heteroatoms. The summed E-state index contributed by atoms with van der Waals surface area (Å²) in [5.74, 6) is 1.01. The van der Waals surface area contributed by atoms with Gasteiger partial charge in [0.2, 0.25) is 0 Å². The number of fused-ring (bicyclic) bond motifs is 1. The van der Waals surface area contributed by atoms with Crippen molar-refractivity contribution < 1.29 is 14.3 Å². The highest BCUT2D eigenvalue weighted by Crippen LogP contribution is 2.36. The van der Waals surface area contributed by atoms with Gasteiger partial charge in [-0.3, -0.25) is 0 Å². The lowest BCUT2D eigenvalue weighted by atomic mass is 10.2. The van der Waals surface area contributed by atoms with E-state index in [0.717, 1.165) is 21.5 Å². The Kier molecular flexibility index (Phi) is 4.85. The molecule has 1 N–H and O–H groups in total. The van der Waals surface area contributed by atoms with Crippen LogP contribution >= 0.6 is 11.3 Å². The number of thiophene rings is 1. The summed E-state index contributed by atoms with van der Waals surface area (Å²) < 4.78 is 10.7. The van der Waals surface area contributed by atoms with Gasteiger partial charge in [0.05, 0.1) is 24.3 Å². The van der Waals surface area contributed by atoms with Crippen LogP contribution in [0.1, 0.15) is 29.1 Å². The van der Waals surface area contributed by atoms with E-state index in [-0.39, 0.29) is 12.1 Å². The highest BCUT2D eigenvalue weighted by molar-refractivity contribution is 7.20. The summed E-state index contributed by atoms with van der Waals surface area (Å²) in [5.41, 5.74) is 1.60. The van der Waals surface area contributed by atoms with Crippen molar-refractivity contribution in [1.82, 2.24) is 9.97 Å². The first kappa shape index (κ1) is 17.2. The van der Waals surface area contributed by atoms with Crippen molar-refractivity contribution in [2.45, 2.75) is 26.9 Å². The topological polar surface area (TPSA) is 73.3 Å². The maximum atomic E-state index is 12.3. The lowest BCUT2D eigenvalue weighted by Gasteiger charge is -2.11. The van der Waals surface area contributed by atoms with Crippen LogP contribution in [0.3, 0.4) is 0 Å². The monoisotopic (exact) mass is 357 g/mol. The van der Waals surface area contributed by atoms with Gasteiger partial charge in [-0.1, -0.05) is 12.1 Å². The van der Waals surface area contributed by atoms with Crippen molar-refractivity contribution in [1.29, 1.82) is 0 Å². The number of hydrogen-bond acceptors (Lipinski definition) is 7. The Morgan fingerprint density at radius 2 is 2.00 bits per heavy atom. The first-order valence-corrected chi connectivity index (χ1v) is 8.68. The number of ether oxygens (including phenoxy) is 2. The van der Waals surface area contributed by atoms with Crippen LogP contribution in [0.25, 0.3) is 10.2 Å². The average Bonchev–Trinajstić information content (AvgIpc) is 2.93. The van der Waals surface area contributed by atoms with Gasteiger partial charge in [0.1, 0.15) is 27.6 Å². The number of nitrogens with one attached hydrogen (secondary N) is 1. The Balaban J connectivity index is 2.05. The number of esters is 1. The minimum absolute atomic E-state index is 0.172. The molecule has 0 aliphatic rings. The smallest absolute Gasteiger partial charge is 0.348 e. The van der Waals surface area contributed by atoms with Crippen LogP contribution in [0.2, 0.25) is 0 Å². The summed E-state index contributed by atoms with van der Waals surface area (Å²) in [6.07, 6.45) is 1.31. The van der Waals surface area contributed by atoms with Gasteiger partial charge in [0, 0.05) is 0 Å². The molecule has 0 atom stereocenters. The molecule has 0 saturated heterocycles. The zero-order chi connectivity index (χ0) is 18.0. The van der Waals surface area contributed by atoms with Crippen LogP contribution in [0.5, 0.6) is 5.75 Å². The van der Waals surface area contributed by atoms with Gasteiger partial charge in [-0.2, -0.15) is 0 Å². The summed E-state index contributed by atoms with van der Waals surface area (Å²) in [7, 11) is 1.62. The van der Waals surface area contributed by atoms with Crippen LogP contribution in [0, 0.1) is 6.92 Å². The number of methoxy groups -OCH3 is 1. The molecule has 0 unspecified atom stereocenters. The van der Waals surface area contributed by atoms with Crippen molar-refractivity contribution in [3.05, 3.63) is 41.0 Å². The zero-order valence-electron chi connectivity index (χ0n) is 14.5. The highest BCUT2D eigenvalue weighted by Gasteiger charge is 2.21. The molecule has 0 amide bonds. The largest absolute Gasteiger partial charge is 0.495 e. The van der Waals surface area contributed by atoms with E-state index in [0.29, 0.717) is 16.4 Å². The number of hydrogen-bond donors (Lipinski definition) is 1. The highest BCUT2D eigenvalue weighted by atomic mass is 32.1. The minimum atomic E-state index is -0.334. The quantitative estimate of drug-likeness (QED) is 0.686. The van der Waals surface area contributed by atoms with Gasteiger partial charge in [0.15, 0.2) is 0 Å². The number of para-hydroxylation sites is 2. The molecular weight excluding hydrogens is 338 g/mol. The predicted octanol–water partition coefficient (Wildman–Crippen LogP) is 4.32. The summed E-state index contributed by atoms with van der Waals surface area (Å²) >= 11 is 1.31. The fourth-order valence-electron chi connectivity index (χ4n) is 2.50. The molecule has 130 valence electrons. The number of carbonyl (C=O) groups is 1. The van der Waals surface area contributed by atoms with Crippen LogP contribution < -0.4 is 10.1 Å². The maximum absolute atomic E-state index is 12.3. The standard InChI is InChI=1S/C18H19N3O3S/c1-10(2)24-18(22)15-11(3)14-16(19-9-20-17(14)25-15)21-12-7-5-6-8-13(12)23-4/h5-10H,1-4H3,(H,19,20,21). The van der Waals surface area contributed by atoms with Gasteiger partial charge in [-0.05, 0) is 38.5 Å². The number of anilines is 2. The second kappa shape index (κ2) is 7.06. The Hall–Kier alpha value is -2.67. The number of aryl methyl sites for hydroxylation is 1. The third kappa shape index (κ3) is 3.41. The Labute approximate surface area is 149 Å². The van der Waals surface area contributed by atoms with E-state index in [1.165, 1.54) is 17.7 Å². The Morgan fingerprint density at radius 3 is 2.72 bits per heavy atom. The van der Waals surface area contributed by atoms with Gasteiger partial charge in [0.25, 0.3) is 0 Å². The fraction of sp³-hybridized carbons (Fsp3) is 0.278. The van der Waals surface area contributed by atoms with Crippen LogP contribution in [-0.2, 0) is 4.74 Å². The Morgan fingerprint density at radius 1 is 1.24 bits per heavy atom. The predicted molar refractivity (Wildman–Crippen MR) is 99.0 cm³/mol. The van der Waals surface area contributed by atoms with Crippen LogP contribution in [-0.4, -0.2) is 29.2 Å². The molecule has 6 nitrogen and oxygen atoms in total. The molecule has 2 heterocycles. The molecule has 25 heavy (non-hydrogen) atoms. The van der Waals surface area contributed by atoms with Crippen molar-refractivity contribution in [2.75, 3.05) is 12.4 Å². The van der Waals surface area contributed by atoms with E-state index in [1.54, 1.807) is 7.11 Å². The molecule has 0 aliphatic heterocycles. The molecule has 2 aromatic heterocycles. The van der Waals surface area contributed by atoms with E-state index in [1.807, 2.05) is 45.0 Å². The lowest BCUT2D eigenvalue weighted by Crippen LogP contribution is -2.11. The third-order valence-electron chi connectivity index (χ3n) is 3.62. The number of benzene rings is 1. The summed E-state index contributed by atoms with van der Waals surface area (Å²) in [6, 6.07) is 7.58. The lowest BCUT2D eigenvalue weighted by molar-refractivity contribution is 0.0383. The first-order valence-electron chi connectivity index (χ1n) is 7.86. The molecule has 0 spiro atoms. The molecule has 3 aromatic rings. The fourth-order valence-corrected chi connectivity index (χ4v) is 3.54. The summed E-state index contributed by atoms with van der Waals surface area (Å²) in [4.78, 5) is 22.2. The summed E-state index contributed by atoms with van der Waals surface area (Å²) in [6.45, 7) is 5.54. The maximum Gasteiger partial charge on any atom is 0.348 e. The number of aromatic nitrogens is 2. The second-order valence-corrected chi connectivity index (χ2v) is 6.74. The van der Waals surface area contributed by atoms with Gasteiger partial charge in [-0.25, -0.2) is 14.8 Å². The van der Waals surface area contributed by atoms with Crippen LogP contribution in [0.15, 0.2) is 30.6 Å². The van der Waals surface area contributed by atoms with Crippen molar-refractivity contribution in [2.24, 2.45) is 0 Å². The van der Waals surface area contributed by atoms with E-state index in [9.17, 15) is 4.79 Å². The molecule has 1 aromatic carbocycles.